The Hall–Kier alpha value is -0.540. The number of benzene rings is 1. The molecule has 68 valence electrons. The molecule has 0 aliphatic rings. The van der Waals surface area contributed by atoms with Gasteiger partial charge in [0.15, 0.2) is 0 Å². The van der Waals surface area contributed by atoms with E-state index in [0.717, 1.165) is 16.6 Å². The van der Waals surface area contributed by atoms with Crippen molar-refractivity contribution in [2.45, 2.75) is 13.3 Å². The van der Waals surface area contributed by atoms with Gasteiger partial charge in [-0.1, -0.05) is 6.92 Å². The van der Waals surface area contributed by atoms with E-state index < -0.39 is 0 Å². The van der Waals surface area contributed by atoms with Crippen LogP contribution in [-0.4, -0.2) is 0 Å². The van der Waals surface area contributed by atoms with E-state index in [9.17, 15) is 0 Å². The molecular formula is C10H10BrNS. The molecule has 0 saturated carbocycles. The van der Waals surface area contributed by atoms with Crippen molar-refractivity contribution in [3.8, 4) is 0 Å². The van der Waals surface area contributed by atoms with E-state index in [1.165, 1.54) is 15.6 Å². The first kappa shape index (κ1) is 9.03. The Morgan fingerprint density at radius 3 is 3.00 bits per heavy atom. The molecule has 0 bridgehead atoms. The van der Waals surface area contributed by atoms with Crippen LogP contribution in [0.25, 0.3) is 10.1 Å². The van der Waals surface area contributed by atoms with Crippen LogP contribution in [0.5, 0.6) is 0 Å². The standard InChI is InChI=1S/C10H10BrNS/c1-2-6-5-8(11)9(12)7-3-4-13-10(6)7/h3-5H,2,12H2,1H3. The van der Waals surface area contributed by atoms with Crippen molar-refractivity contribution in [1.29, 1.82) is 0 Å². The number of thiophene rings is 1. The van der Waals surface area contributed by atoms with Gasteiger partial charge in [0, 0.05) is 14.6 Å². The van der Waals surface area contributed by atoms with Crippen molar-refractivity contribution in [2.24, 2.45) is 0 Å². The zero-order chi connectivity index (χ0) is 9.42. The van der Waals surface area contributed by atoms with Crippen molar-refractivity contribution in [3.63, 3.8) is 0 Å². The molecule has 0 spiro atoms. The van der Waals surface area contributed by atoms with Crippen molar-refractivity contribution in [2.75, 3.05) is 5.73 Å². The molecule has 2 N–H and O–H groups in total. The highest BCUT2D eigenvalue weighted by molar-refractivity contribution is 9.10. The minimum absolute atomic E-state index is 0.855. The lowest BCUT2D eigenvalue weighted by Gasteiger charge is -2.04. The van der Waals surface area contributed by atoms with Gasteiger partial charge >= 0.3 is 0 Å². The summed E-state index contributed by atoms with van der Waals surface area (Å²) in [6.07, 6.45) is 1.05. The Kier molecular flexibility index (Phi) is 2.30. The first-order valence-electron chi connectivity index (χ1n) is 4.18. The predicted molar refractivity (Wildman–Crippen MR) is 63.3 cm³/mol. The second-order valence-electron chi connectivity index (χ2n) is 2.95. The fourth-order valence-corrected chi connectivity index (χ4v) is 2.95. The maximum atomic E-state index is 5.95. The van der Waals surface area contributed by atoms with Gasteiger partial charge in [-0.3, -0.25) is 0 Å². The summed E-state index contributed by atoms with van der Waals surface area (Å²) in [6.45, 7) is 2.16. The lowest BCUT2D eigenvalue weighted by Crippen LogP contribution is -1.90. The van der Waals surface area contributed by atoms with Gasteiger partial charge in [-0.15, -0.1) is 11.3 Å². The van der Waals surface area contributed by atoms with Crippen LogP contribution in [0.3, 0.4) is 0 Å². The van der Waals surface area contributed by atoms with E-state index in [2.05, 4.69) is 40.4 Å². The SMILES string of the molecule is CCc1cc(Br)c(N)c2ccsc12. The largest absolute Gasteiger partial charge is 0.397 e. The van der Waals surface area contributed by atoms with Gasteiger partial charge in [-0.25, -0.2) is 0 Å². The number of halogens is 1. The van der Waals surface area contributed by atoms with E-state index >= 15 is 0 Å². The van der Waals surface area contributed by atoms with E-state index in [4.69, 9.17) is 5.73 Å². The smallest absolute Gasteiger partial charge is 0.0546 e. The molecule has 1 aromatic heterocycles. The number of nitrogens with two attached hydrogens (primary N) is 1. The molecular weight excluding hydrogens is 246 g/mol. The van der Waals surface area contributed by atoms with Crippen LogP contribution >= 0.6 is 27.3 Å². The molecule has 1 aromatic carbocycles. The lowest BCUT2D eigenvalue weighted by atomic mass is 10.1. The molecule has 0 atom stereocenters. The highest BCUT2D eigenvalue weighted by atomic mass is 79.9. The third-order valence-corrected chi connectivity index (χ3v) is 3.83. The average Bonchev–Trinajstić information content (AvgIpc) is 2.60. The van der Waals surface area contributed by atoms with Crippen LogP contribution in [-0.2, 0) is 6.42 Å². The van der Waals surface area contributed by atoms with Crippen LogP contribution in [0.4, 0.5) is 5.69 Å². The lowest BCUT2D eigenvalue weighted by molar-refractivity contribution is 1.16. The first-order chi connectivity index (χ1) is 6.24. The van der Waals surface area contributed by atoms with E-state index in [1.54, 1.807) is 11.3 Å². The van der Waals surface area contributed by atoms with Gasteiger partial charge in [-0.05, 0) is 45.4 Å². The molecule has 0 unspecified atom stereocenters. The average molecular weight is 256 g/mol. The van der Waals surface area contributed by atoms with Crippen LogP contribution in [0.15, 0.2) is 22.0 Å². The van der Waals surface area contributed by atoms with E-state index in [1.807, 2.05) is 0 Å². The molecule has 0 radical (unpaired) electrons. The maximum absolute atomic E-state index is 5.95. The van der Waals surface area contributed by atoms with Gasteiger partial charge in [0.25, 0.3) is 0 Å². The normalized spacial score (nSPS) is 10.9. The summed E-state index contributed by atoms with van der Waals surface area (Å²) in [7, 11) is 0. The van der Waals surface area contributed by atoms with Crippen LogP contribution in [0, 0.1) is 0 Å². The number of aryl methyl sites for hydroxylation is 1. The molecule has 0 saturated heterocycles. The predicted octanol–water partition coefficient (Wildman–Crippen LogP) is 3.81. The van der Waals surface area contributed by atoms with Crippen LogP contribution in [0.1, 0.15) is 12.5 Å². The topological polar surface area (TPSA) is 26.0 Å². The molecule has 2 rings (SSSR count). The van der Waals surface area contributed by atoms with Gasteiger partial charge in [0.2, 0.25) is 0 Å². The van der Waals surface area contributed by atoms with Crippen molar-refractivity contribution < 1.29 is 0 Å². The Morgan fingerprint density at radius 2 is 2.31 bits per heavy atom. The number of fused-ring (bicyclic) bond motifs is 1. The quantitative estimate of drug-likeness (QED) is 0.771. The molecule has 0 aliphatic heterocycles. The first-order valence-corrected chi connectivity index (χ1v) is 5.85. The molecule has 0 amide bonds. The Bertz CT molecular complexity index is 447. The second-order valence-corrected chi connectivity index (χ2v) is 4.72. The van der Waals surface area contributed by atoms with Gasteiger partial charge in [0.05, 0.1) is 5.69 Å². The summed E-state index contributed by atoms with van der Waals surface area (Å²) < 4.78 is 2.33. The van der Waals surface area contributed by atoms with Crippen molar-refractivity contribution >= 4 is 43.0 Å². The minimum atomic E-state index is 0.855. The van der Waals surface area contributed by atoms with E-state index in [-0.39, 0.29) is 0 Å². The fraction of sp³-hybridized carbons (Fsp3) is 0.200. The highest BCUT2D eigenvalue weighted by Gasteiger charge is 2.07. The minimum Gasteiger partial charge on any atom is -0.397 e. The maximum Gasteiger partial charge on any atom is 0.0546 e. The molecule has 1 nitrogen and oxygen atoms in total. The van der Waals surface area contributed by atoms with Gasteiger partial charge < -0.3 is 5.73 Å². The highest BCUT2D eigenvalue weighted by Crippen LogP contribution is 2.35. The van der Waals surface area contributed by atoms with Crippen LogP contribution < -0.4 is 5.73 Å². The monoisotopic (exact) mass is 255 g/mol. The third-order valence-electron chi connectivity index (χ3n) is 2.19. The number of rotatable bonds is 1. The van der Waals surface area contributed by atoms with Gasteiger partial charge in [0.1, 0.15) is 0 Å². The molecule has 0 fully saturated rings. The van der Waals surface area contributed by atoms with Crippen molar-refractivity contribution in [1.82, 2.24) is 0 Å². The summed E-state index contributed by atoms with van der Waals surface area (Å²) in [5.41, 5.74) is 8.17. The third kappa shape index (κ3) is 1.36. The second kappa shape index (κ2) is 3.31. The molecule has 13 heavy (non-hydrogen) atoms. The fourth-order valence-electron chi connectivity index (χ4n) is 1.46. The number of anilines is 1. The summed E-state index contributed by atoms with van der Waals surface area (Å²) in [6, 6.07) is 4.20. The summed E-state index contributed by atoms with van der Waals surface area (Å²) >= 11 is 5.23. The van der Waals surface area contributed by atoms with E-state index in [0.29, 0.717) is 0 Å². The zero-order valence-electron chi connectivity index (χ0n) is 7.30. The zero-order valence-corrected chi connectivity index (χ0v) is 9.71. The Labute approximate surface area is 89.7 Å². The summed E-state index contributed by atoms with van der Waals surface area (Å²) in [5, 5.41) is 3.27. The van der Waals surface area contributed by atoms with Crippen LogP contribution in [0.2, 0.25) is 0 Å². The Morgan fingerprint density at radius 1 is 1.54 bits per heavy atom. The van der Waals surface area contributed by atoms with Crippen molar-refractivity contribution in [3.05, 3.63) is 27.5 Å². The number of hydrogen-bond acceptors (Lipinski definition) is 2. The Balaban J connectivity index is 2.87. The summed E-state index contributed by atoms with van der Waals surface area (Å²) in [5.74, 6) is 0. The molecule has 3 heteroatoms. The molecule has 0 aliphatic carbocycles. The molecule has 2 aromatic rings. The summed E-state index contributed by atoms with van der Waals surface area (Å²) in [4.78, 5) is 0. The number of nitrogen functional groups attached to an aromatic ring is 1. The number of hydrogen-bond donors (Lipinski definition) is 1. The van der Waals surface area contributed by atoms with Gasteiger partial charge in [-0.2, -0.15) is 0 Å². The molecule has 1 heterocycles.